The first-order valence-electron chi connectivity index (χ1n) is 8.20. The maximum atomic E-state index is 12.9. The zero-order valence-corrected chi connectivity index (χ0v) is 13.7. The summed E-state index contributed by atoms with van der Waals surface area (Å²) < 4.78 is 0. The minimum absolute atomic E-state index is 0.0111. The van der Waals surface area contributed by atoms with E-state index in [1.54, 1.807) is 17.0 Å². The monoisotopic (exact) mass is 334 g/mol. The third kappa shape index (κ3) is 3.83. The predicted octanol–water partition coefficient (Wildman–Crippen LogP) is 2.65. The number of piperidine rings is 1. The largest absolute Gasteiger partial charge is 0.327 e. The van der Waals surface area contributed by atoms with Crippen LogP contribution in [0.2, 0.25) is 0 Å². The number of anilines is 1. The van der Waals surface area contributed by atoms with E-state index in [1.165, 1.54) is 6.20 Å². The van der Waals surface area contributed by atoms with Gasteiger partial charge in [-0.15, -0.1) is 0 Å². The number of nitriles is 1. The summed E-state index contributed by atoms with van der Waals surface area (Å²) in [6, 6.07) is 13.7. The molecule has 1 N–H and O–H groups in total. The lowest BCUT2D eigenvalue weighted by atomic mass is 10.0. The second-order valence-electron chi connectivity index (χ2n) is 5.89. The van der Waals surface area contributed by atoms with Crippen molar-refractivity contribution in [2.24, 2.45) is 0 Å². The zero-order chi connectivity index (χ0) is 17.6. The highest BCUT2D eigenvalue weighted by molar-refractivity contribution is 5.97. The van der Waals surface area contributed by atoms with Crippen molar-refractivity contribution in [3.63, 3.8) is 0 Å². The number of pyridine rings is 1. The molecule has 0 radical (unpaired) electrons. The van der Waals surface area contributed by atoms with Gasteiger partial charge in [-0.2, -0.15) is 5.26 Å². The van der Waals surface area contributed by atoms with Gasteiger partial charge >= 0.3 is 0 Å². The summed E-state index contributed by atoms with van der Waals surface area (Å²) in [7, 11) is 0. The standard InChI is InChI=1S/C19H18N4O2/c20-12-14-9-10-16(21-13-14)22-19(25)18(15-6-2-1-3-7-15)23-11-5-4-8-17(23)24/h1-3,6-7,9-10,13,18H,4-5,8,11H2,(H,21,22,25). The maximum absolute atomic E-state index is 12.9. The van der Waals surface area contributed by atoms with Gasteiger partial charge in [0.15, 0.2) is 0 Å². The van der Waals surface area contributed by atoms with Gasteiger partial charge in [-0.1, -0.05) is 30.3 Å². The summed E-state index contributed by atoms with van der Waals surface area (Å²) in [6.07, 6.45) is 3.61. The number of likely N-dealkylation sites (tertiary alicyclic amines) is 1. The fraction of sp³-hybridized carbons (Fsp3) is 0.263. The van der Waals surface area contributed by atoms with Crippen LogP contribution in [0.25, 0.3) is 0 Å². The second-order valence-corrected chi connectivity index (χ2v) is 5.89. The van der Waals surface area contributed by atoms with Crippen LogP contribution in [0.3, 0.4) is 0 Å². The van der Waals surface area contributed by atoms with Crippen LogP contribution >= 0.6 is 0 Å². The van der Waals surface area contributed by atoms with E-state index < -0.39 is 6.04 Å². The summed E-state index contributed by atoms with van der Waals surface area (Å²) in [4.78, 5) is 31.0. The Morgan fingerprint density at radius 3 is 2.64 bits per heavy atom. The number of amides is 2. The first-order valence-corrected chi connectivity index (χ1v) is 8.20. The predicted molar refractivity (Wildman–Crippen MR) is 92.3 cm³/mol. The molecular formula is C19H18N4O2. The number of carbonyl (C=O) groups excluding carboxylic acids is 2. The maximum Gasteiger partial charge on any atom is 0.252 e. The van der Waals surface area contributed by atoms with Crippen molar-refractivity contribution in [3.8, 4) is 6.07 Å². The minimum atomic E-state index is -0.688. The molecule has 1 saturated heterocycles. The molecule has 2 amide bonds. The smallest absolute Gasteiger partial charge is 0.252 e. The van der Waals surface area contributed by atoms with Crippen LogP contribution in [-0.4, -0.2) is 28.2 Å². The zero-order valence-electron chi connectivity index (χ0n) is 13.7. The third-order valence-electron chi connectivity index (χ3n) is 4.18. The number of nitrogens with one attached hydrogen (secondary N) is 1. The molecule has 126 valence electrons. The normalized spacial score (nSPS) is 15.3. The van der Waals surface area contributed by atoms with E-state index in [4.69, 9.17) is 5.26 Å². The van der Waals surface area contributed by atoms with Crippen LogP contribution in [0, 0.1) is 11.3 Å². The number of hydrogen-bond donors (Lipinski definition) is 1. The lowest BCUT2D eigenvalue weighted by Gasteiger charge is -2.34. The van der Waals surface area contributed by atoms with Crippen molar-refractivity contribution in [3.05, 3.63) is 59.8 Å². The van der Waals surface area contributed by atoms with Crippen molar-refractivity contribution in [1.82, 2.24) is 9.88 Å². The summed E-state index contributed by atoms with van der Waals surface area (Å²) in [5.41, 5.74) is 1.19. The van der Waals surface area contributed by atoms with Crippen LogP contribution in [0.15, 0.2) is 48.7 Å². The Morgan fingerprint density at radius 2 is 2.00 bits per heavy atom. The molecule has 6 nitrogen and oxygen atoms in total. The van der Waals surface area contributed by atoms with Gasteiger partial charge < -0.3 is 10.2 Å². The summed E-state index contributed by atoms with van der Waals surface area (Å²) in [6.45, 7) is 0.562. The molecule has 2 aromatic rings. The number of nitrogens with zero attached hydrogens (tertiary/aromatic N) is 3. The molecule has 1 aromatic carbocycles. The Kier molecular flexibility index (Phi) is 5.05. The van der Waals surface area contributed by atoms with Crippen LogP contribution in [0.4, 0.5) is 5.82 Å². The van der Waals surface area contributed by atoms with Gasteiger partial charge in [0, 0.05) is 19.2 Å². The van der Waals surface area contributed by atoms with Crippen molar-refractivity contribution >= 4 is 17.6 Å². The fourth-order valence-electron chi connectivity index (χ4n) is 2.94. The quantitative estimate of drug-likeness (QED) is 0.931. The lowest BCUT2D eigenvalue weighted by Crippen LogP contribution is -2.43. The van der Waals surface area contributed by atoms with E-state index in [-0.39, 0.29) is 11.8 Å². The van der Waals surface area contributed by atoms with E-state index in [0.717, 1.165) is 18.4 Å². The SMILES string of the molecule is N#Cc1ccc(NC(=O)C(c2ccccc2)N2CCCCC2=O)nc1. The Balaban J connectivity index is 1.86. The van der Waals surface area contributed by atoms with Crippen molar-refractivity contribution < 1.29 is 9.59 Å². The highest BCUT2D eigenvalue weighted by Gasteiger charge is 2.32. The lowest BCUT2D eigenvalue weighted by molar-refractivity contribution is -0.141. The minimum Gasteiger partial charge on any atom is -0.327 e. The van der Waals surface area contributed by atoms with Gasteiger partial charge in [-0.05, 0) is 30.5 Å². The molecule has 0 aliphatic carbocycles. The van der Waals surface area contributed by atoms with Crippen molar-refractivity contribution in [1.29, 1.82) is 5.26 Å². The molecule has 1 atom stereocenters. The van der Waals surface area contributed by atoms with Crippen molar-refractivity contribution in [2.75, 3.05) is 11.9 Å². The second kappa shape index (κ2) is 7.58. The molecule has 1 unspecified atom stereocenters. The molecule has 0 saturated carbocycles. The molecule has 1 fully saturated rings. The van der Waals surface area contributed by atoms with Gasteiger partial charge in [0.2, 0.25) is 5.91 Å². The third-order valence-corrected chi connectivity index (χ3v) is 4.18. The van der Waals surface area contributed by atoms with Gasteiger partial charge in [0.25, 0.3) is 5.91 Å². The molecular weight excluding hydrogens is 316 g/mol. The van der Waals surface area contributed by atoms with E-state index in [2.05, 4.69) is 10.3 Å². The molecule has 1 aliphatic rings. The average Bonchev–Trinajstić information content (AvgIpc) is 2.65. The van der Waals surface area contributed by atoms with Gasteiger partial charge in [0.1, 0.15) is 17.9 Å². The molecule has 6 heteroatoms. The number of carbonyl (C=O) groups is 2. The summed E-state index contributed by atoms with van der Waals surface area (Å²) >= 11 is 0. The van der Waals surface area contributed by atoms with Crippen LogP contribution in [0.5, 0.6) is 0 Å². The molecule has 0 bridgehead atoms. The number of hydrogen-bond acceptors (Lipinski definition) is 4. The average molecular weight is 334 g/mol. The van der Waals surface area contributed by atoms with Crippen LogP contribution in [0.1, 0.15) is 36.4 Å². The molecule has 1 aromatic heterocycles. The molecule has 1 aliphatic heterocycles. The topological polar surface area (TPSA) is 86.1 Å². The van der Waals surface area contributed by atoms with Gasteiger partial charge in [0.05, 0.1) is 5.56 Å². The molecule has 25 heavy (non-hydrogen) atoms. The first-order chi connectivity index (χ1) is 12.2. The van der Waals surface area contributed by atoms with E-state index in [1.807, 2.05) is 36.4 Å². The fourth-order valence-corrected chi connectivity index (χ4v) is 2.94. The summed E-state index contributed by atoms with van der Waals surface area (Å²) in [5.74, 6) is 0.0380. The molecule has 3 rings (SSSR count). The molecule has 0 spiro atoms. The van der Waals surface area contributed by atoms with Crippen LogP contribution < -0.4 is 5.32 Å². The van der Waals surface area contributed by atoms with E-state index in [9.17, 15) is 9.59 Å². The van der Waals surface area contributed by atoms with Crippen molar-refractivity contribution in [2.45, 2.75) is 25.3 Å². The Hall–Kier alpha value is -3.20. The first kappa shape index (κ1) is 16.7. The van der Waals surface area contributed by atoms with Gasteiger partial charge in [-0.3, -0.25) is 9.59 Å². The summed E-state index contributed by atoms with van der Waals surface area (Å²) in [5, 5.41) is 11.6. The number of benzene rings is 1. The Bertz CT molecular complexity index is 796. The van der Waals surface area contributed by atoms with E-state index >= 15 is 0 Å². The number of aromatic nitrogens is 1. The molecule has 2 heterocycles. The van der Waals surface area contributed by atoms with Gasteiger partial charge in [-0.25, -0.2) is 4.98 Å². The van der Waals surface area contributed by atoms with E-state index in [0.29, 0.717) is 24.3 Å². The Labute approximate surface area is 146 Å². The Morgan fingerprint density at radius 1 is 1.20 bits per heavy atom. The highest BCUT2D eigenvalue weighted by Crippen LogP contribution is 2.26. The van der Waals surface area contributed by atoms with Crippen LogP contribution in [-0.2, 0) is 9.59 Å². The number of rotatable bonds is 4. The highest BCUT2D eigenvalue weighted by atomic mass is 16.2.